The van der Waals surface area contributed by atoms with Crippen molar-refractivity contribution in [3.8, 4) is 5.75 Å². The van der Waals surface area contributed by atoms with Crippen LogP contribution in [0, 0.1) is 13.8 Å². The number of ether oxygens (including phenoxy) is 1. The first-order valence-electron chi connectivity index (χ1n) is 7.67. The Morgan fingerprint density at radius 3 is 2.39 bits per heavy atom. The normalized spacial score (nSPS) is 10.7. The molecular weight excluding hydrogens is 288 g/mol. The van der Waals surface area contributed by atoms with E-state index in [9.17, 15) is 4.79 Å². The first kappa shape index (κ1) is 17.0. The zero-order chi connectivity index (χ0) is 16.8. The summed E-state index contributed by atoms with van der Waals surface area (Å²) in [6, 6.07) is 13.7. The monoisotopic (exact) mass is 312 g/mol. The number of rotatable bonds is 6. The van der Waals surface area contributed by atoms with Gasteiger partial charge < -0.3 is 15.0 Å². The highest BCUT2D eigenvalue weighted by molar-refractivity contribution is 5.92. The van der Waals surface area contributed by atoms with E-state index in [4.69, 9.17) is 4.74 Å². The maximum absolute atomic E-state index is 12.1. The molecule has 0 saturated carbocycles. The zero-order valence-corrected chi connectivity index (χ0v) is 14.2. The van der Waals surface area contributed by atoms with E-state index < -0.39 is 0 Å². The van der Waals surface area contributed by atoms with E-state index in [0.29, 0.717) is 0 Å². The van der Waals surface area contributed by atoms with Gasteiger partial charge >= 0.3 is 0 Å². The standard InChI is InChI=1S/C19H24N2O2/c1-14-9-15(2)11-17(10-14)23-13-19(22)20-18-8-6-5-7-16(18)12-21(3)4/h5-11H,12-13H2,1-4H3,(H,20,22). The lowest BCUT2D eigenvalue weighted by Crippen LogP contribution is -2.22. The summed E-state index contributed by atoms with van der Waals surface area (Å²) < 4.78 is 5.60. The minimum absolute atomic E-state index is 0.000802. The average Bonchev–Trinajstić information content (AvgIpc) is 2.46. The fraction of sp³-hybridized carbons (Fsp3) is 0.316. The van der Waals surface area contributed by atoms with Crippen molar-refractivity contribution in [1.82, 2.24) is 4.90 Å². The van der Waals surface area contributed by atoms with Crippen molar-refractivity contribution in [2.75, 3.05) is 26.0 Å². The van der Waals surface area contributed by atoms with Crippen LogP contribution in [0.4, 0.5) is 5.69 Å². The van der Waals surface area contributed by atoms with Crippen LogP contribution in [0.25, 0.3) is 0 Å². The van der Waals surface area contributed by atoms with Crippen molar-refractivity contribution < 1.29 is 9.53 Å². The quantitative estimate of drug-likeness (QED) is 0.889. The van der Waals surface area contributed by atoms with E-state index in [-0.39, 0.29) is 12.5 Å². The molecule has 0 aromatic heterocycles. The van der Waals surface area contributed by atoms with Gasteiger partial charge in [-0.05, 0) is 62.8 Å². The summed E-state index contributed by atoms with van der Waals surface area (Å²) in [6.45, 7) is 4.79. The molecule has 0 bridgehead atoms. The van der Waals surface area contributed by atoms with E-state index in [2.05, 4.69) is 16.3 Å². The second kappa shape index (κ2) is 7.79. The van der Waals surface area contributed by atoms with Crippen molar-refractivity contribution in [2.24, 2.45) is 0 Å². The molecule has 0 aliphatic rings. The van der Waals surface area contributed by atoms with Gasteiger partial charge in [0.25, 0.3) is 5.91 Å². The van der Waals surface area contributed by atoms with Gasteiger partial charge in [-0.3, -0.25) is 4.79 Å². The molecule has 2 rings (SSSR count). The summed E-state index contributed by atoms with van der Waals surface area (Å²) in [4.78, 5) is 14.2. The molecule has 0 spiro atoms. The number of nitrogens with zero attached hydrogens (tertiary/aromatic N) is 1. The van der Waals surface area contributed by atoms with Gasteiger partial charge in [0.1, 0.15) is 5.75 Å². The lowest BCUT2D eigenvalue weighted by Gasteiger charge is -2.15. The molecule has 0 aliphatic heterocycles. The third-order valence-electron chi connectivity index (χ3n) is 3.34. The summed E-state index contributed by atoms with van der Waals surface area (Å²) in [6.07, 6.45) is 0. The number of benzene rings is 2. The summed E-state index contributed by atoms with van der Waals surface area (Å²) in [7, 11) is 4.00. The van der Waals surface area contributed by atoms with E-state index in [0.717, 1.165) is 34.7 Å². The maximum Gasteiger partial charge on any atom is 0.262 e. The van der Waals surface area contributed by atoms with Crippen LogP contribution in [0.5, 0.6) is 5.75 Å². The van der Waals surface area contributed by atoms with Gasteiger partial charge in [0.05, 0.1) is 0 Å². The molecule has 1 N–H and O–H groups in total. The van der Waals surface area contributed by atoms with Gasteiger partial charge in [0, 0.05) is 12.2 Å². The topological polar surface area (TPSA) is 41.6 Å². The van der Waals surface area contributed by atoms with Gasteiger partial charge in [0.15, 0.2) is 6.61 Å². The van der Waals surface area contributed by atoms with Crippen LogP contribution < -0.4 is 10.1 Å². The summed E-state index contributed by atoms with van der Waals surface area (Å²) in [5, 5.41) is 2.92. The molecule has 2 aromatic carbocycles. The Kier molecular flexibility index (Phi) is 5.77. The van der Waals surface area contributed by atoms with Crippen molar-refractivity contribution in [3.63, 3.8) is 0 Å². The molecule has 4 nitrogen and oxygen atoms in total. The van der Waals surface area contributed by atoms with E-state index in [1.165, 1.54) is 0 Å². The number of carbonyl (C=O) groups excluding carboxylic acids is 1. The lowest BCUT2D eigenvalue weighted by atomic mass is 10.1. The number of hydrogen-bond donors (Lipinski definition) is 1. The van der Waals surface area contributed by atoms with Gasteiger partial charge in [0.2, 0.25) is 0 Å². The Bertz CT molecular complexity index is 661. The van der Waals surface area contributed by atoms with Crippen LogP contribution in [-0.2, 0) is 11.3 Å². The molecule has 2 aromatic rings. The Balaban J connectivity index is 1.97. The summed E-state index contributed by atoms with van der Waals surface area (Å²) >= 11 is 0. The first-order chi connectivity index (χ1) is 10.9. The van der Waals surface area contributed by atoms with Crippen LogP contribution in [0.3, 0.4) is 0 Å². The third kappa shape index (κ3) is 5.42. The molecule has 0 saturated heterocycles. The number of anilines is 1. The molecular formula is C19H24N2O2. The molecule has 0 atom stereocenters. The largest absolute Gasteiger partial charge is 0.484 e. The minimum Gasteiger partial charge on any atom is -0.484 e. The fourth-order valence-electron chi connectivity index (χ4n) is 2.47. The van der Waals surface area contributed by atoms with Crippen molar-refractivity contribution in [2.45, 2.75) is 20.4 Å². The molecule has 122 valence electrons. The number of nitrogens with one attached hydrogen (secondary N) is 1. The molecule has 4 heteroatoms. The van der Waals surface area contributed by atoms with E-state index in [1.54, 1.807) is 0 Å². The smallest absolute Gasteiger partial charge is 0.262 e. The predicted molar refractivity (Wildman–Crippen MR) is 93.9 cm³/mol. The number of carbonyl (C=O) groups is 1. The first-order valence-corrected chi connectivity index (χ1v) is 7.67. The second-order valence-electron chi connectivity index (χ2n) is 6.06. The number of para-hydroxylation sites is 1. The van der Waals surface area contributed by atoms with Gasteiger partial charge in [-0.15, -0.1) is 0 Å². The Morgan fingerprint density at radius 2 is 1.74 bits per heavy atom. The molecule has 0 unspecified atom stereocenters. The third-order valence-corrected chi connectivity index (χ3v) is 3.34. The highest BCUT2D eigenvalue weighted by Gasteiger charge is 2.08. The van der Waals surface area contributed by atoms with Crippen LogP contribution >= 0.6 is 0 Å². The summed E-state index contributed by atoms with van der Waals surface area (Å²) in [5.74, 6) is 0.564. The van der Waals surface area contributed by atoms with Gasteiger partial charge in [-0.25, -0.2) is 0 Å². The molecule has 0 aliphatic carbocycles. The zero-order valence-electron chi connectivity index (χ0n) is 14.2. The van der Waals surface area contributed by atoms with Crippen molar-refractivity contribution in [3.05, 3.63) is 59.2 Å². The fourth-order valence-corrected chi connectivity index (χ4v) is 2.47. The lowest BCUT2D eigenvalue weighted by molar-refractivity contribution is -0.118. The van der Waals surface area contributed by atoms with E-state index >= 15 is 0 Å². The molecule has 0 radical (unpaired) electrons. The molecule has 0 fully saturated rings. The maximum atomic E-state index is 12.1. The highest BCUT2D eigenvalue weighted by Crippen LogP contribution is 2.18. The highest BCUT2D eigenvalue weighted by atomic mass is 16.5. The van der Waals surface area contributed by atoms with Crippen molar-refractivity contribution in [1.29, 1.82) is 0 Å². The molecule has 23 heavy (non-hydrogen) atoms. The van der Waals surface area contributed by atoms with Crippen LogP contribution in [0.15, 0.2) is 42.5 Å². The minimum atomic E-state index is -0.157. The Labute approximate surface area is 138 Å². The Hall–Kier alpha value is -2.33. The van der Waals surface area contributed by atoms with E-state index in [1.807, 2.05) is 64.3 Å². The number of aryl methyl sites for hydroxylation is 2. The number of hydrogen-bond acceptors (Lipinski definition) is 3. The van der Waals surface area contributed by atoms with Crippen LogP contribution in [-0.4, -0.2) is 31.5 Å². The van der Waals surface area contributed by atoms with Gasteiger partial charge in [-0.1, -0.05) is 24.3 Å². The molecule has 0 heterocycles. The average molecular weight is 312 g/mol. The second-order valence-corrected chi connectivity index (χ2v) is 6.06. The summed E-state index contributed by atoms with van der Waals surface area (Å²) in [5.41, 5.74) is 4.15. The SMILES string of the molecule is Cc1cc(C)cc(OCC(=O)Nc2ccccc2CN(C)C)c1. The van der Waals surface area contributed by atoms with Crippen LogP contribution in [0.1, 0.15) is 16.7 Å². The predicted octanol–water partition coefficient (Wildman–Crippen LogP) is 3.38. The Morgan fingerprint density at radius 1 is 1.09 bits per heavy atom. The van der Waals surface area contributed by atoms with Gasteiger partial charge in [-0.2, -0.15) is 0 Å². The number of amides is 1. The van der Waals surface area contributed by atoms with Crippen molar-refractivity contribution >= 4 is 11.6 Å². The molecule has 1 amide bonds. The van der Waals surface area contributed by atoms with Crippen LogP contribution in [0.2, 0.25) is 0 Å².